The average Bonchev–Trinajstić information content (AvgIpc) is 2.52. The molecule has 1 atom stereocenters. The standard InChI is InChI=1S/C7H13N3O/c1-11-7(4-8)5-10-3-2-9-6-10/h2-3,6-7H,4-5,8H2,1H3. The zero-order chi connectivity index (χ0) is 8.10. The zero-order valence-electron chi connectivity index (χ0n) is 6.60. The summed E-state index contributed by atoms with van der Waals surface area (Å²) in [6.07, 6.45) is 5.47. The van der Waals surface area contributed by atoms with Gasteiger partial charge in [-0.25, -0.2) is 4.98 Å². The van der Waals surface area contributed by atoms with E-state index in [1.165, 1.54) is 0 Å². The summed E-state index contributed by atoms with van der Waals surface area (Å²) in [7, 11) is 1.66. The van der Waals surface area contributed by atoms with Crippen molar-refractivity contribution in [3.8, 4) is 0 Å². The molecule has 0 aromatic carbocycles. The fourth-order valence-electron chi connectivity index (χ4n) is 0.875. The summed E-state index contributed by atoms with van der Waals surface area (Å²) in [5.74, 6) is 0. The van der Waals surface area contributed by atoms with Gasteiger partial charge in [-0.15, -0.1) is 0 Å². The van der Waals surface area contributed by atoms with E-state index >= 15 is 0 Å². The van der Waals surface area contributed by atoms with Gasteiger partial charge in [0.05, 0.1) is 19.0 Å². The lowest BCUT2D eigenvalue weighted by Gasteiger charge is -2.12. The summed E-state index contributed by atoms with van der Waals surface area (Å²) in [6.45, 7) is 1.31. The molecule has 1 aromatic heterocycles. The molecule has 0 aliphatic heterocycles. The SMILES string of the molecule is COC(CN)Cn1ccnc1. The van der Waals surface area contributed by atoms with Gasteiger partial charge in [-0.2, -0.15) is 0 Å². The lowest BCUT2D eigenvalue weighted by molar-refractivity contribution is 0.0945. The highest BCUT2D eigenvalue weighted by Crippen LogP contribution is 1.93. The van der Waals surface area contributed by atoms with Gasteiger partial charge in [0.15, 0.2) is 0 Å². The summed E-state index contributed by atoms with van der Waals surface area (Å²) < 4.78 is 7.04. The van der Waals surface area contributed by atoms with E-state index in [4.69, 9.17) is 10.5 Å². The maximum Gasteiger partial charge on any atom is 0.0946 e. The van der Waals surface area contributed by atoms with Crippen LogP contribution in [0.2, 0.25) is 0 Å². The second-order valence-corrected chi connectivity index (χ2v) is 2.35. The van der Waals surface area contributed by atoms with E-state index in [1.807, 2.05) is 10.8 Å². The molecule has 1 aromatic rings. The van der Waals surface area contributed by atoms with Crippen molar-refractivity contribution < 1.29 is 4.74 Å². The van der Waals surface area contributed by atoms with Crippen LogP contribution in [0.1, 0.15) is 0 Å². The molecule has 62 valence electrons. The maximum atomic E-state index is 5.44. The van der Waals surface area contributed by atoms with Crippen LogP contribution in [0.4, 0.5) is 0 Å². The second-order valence-electron chi connectivity index (χ2n) is 2.35. The van der Waals surface area contributed by atoms with E-state index in [0.29, 0.717) is 6.54 Å². The topological polar surface area (TPSA) is 53.1 Å². The second kappa shape index (κ2) is 4.10. The monoisotopic (exact) mass is 155 g/mol. The first kappa shape index (κ1) is 8.23. The molecule has 0 amide bonds. The summed E-state index contributed by atoms with van der Waals surface area (Å²) in [4.78, 5) is 3.91. The smallest absolute Gasteiger partial charge is 0.0946 e. The first-order valence-electron chi connectivity index (χ1n) is 3.55. The number of nitrogens with zero attached hydrogens (tertiary/aromatic N) is 2. The summed E-state index contributed by atoms with van der Waals surface area (Å²) in [5, 5.41) is 0. The van der Waals surface area contributed by atoms with E-state index in [0.717, 1.165) is 6.54 Å². The Morgan fingerprint density at radius 1 is 1.73 bits per heavy atom. The Balaban J connectivity index is 2.41. The van der Waals surface area contributed by atoms with Gasteiger partial charge in [0, 0.05) is 26.0 Å². The van der Waals surface area contributed by atoms with Gasteiger partial charge >= 0.3 is 0 Å². The van der Waals surface area contributed by atoms with Crippen LogP contribution >= 0.6 is 0 Å². The largest absolute Gasteiger partial charge is 0.378 e. The maximum absolute atomic E-state index is 5.44. The Hall–Kier alpha value is -0.870. The highest BCUT2D eigenvalue weighted by Gasteiger charge is 2.03. The number of rotatable bonds is 4. The number of methoxy groups -OCH3 is 1. The molecule has 0 saturated carbocycles. The molecule has 4 nitrogen and oxygen atoms in total. The van der Waals surface area contributed by atoms with Crippen molar-refractivity contribution >= 4 is 0 Å². The number of hydrogen-bond acceptors (Lipinski definition) is 3. The molecule has 2 N–H and O–H groups in total. The van der Waals surface area contributed by atoms with Crippen LogP contribution in [0.3, 0.4) is 0 Å². The molecule has 0 saturated heterocycles. The molecule has 1 unspecified atom stereocenters. The third-order valence-corrected chi connectivity index (χ3v) is 1.57. The van der Waals surface area contributed by atoms with Gasteiger partial charge in [-0.1, -0.05) is 0 Å². The molecule has 0 aliphatic carbocycles. The number of hydrogen-bond donors (Lipinski definition) is 1. The third kappa shape index (κ3) is 2.32. The minimum absolute atomic E-state index is 0.0872. The van der Waals surface area contributed by atoms with Crippen molar-refractivity contribution in [2.75, 3.05) is 13.7 Å². The van der Waals surface area contributed by atoms with E-state index in [-0.39, 0.29) is 6.10 Å². The highest BCUT2D eigenvalue weighted by molar-refractivity contribution is 4.75. The van der Waals surface area contributed by atoms with Crippen LogP contribution in [-0.4, -0.2) is 29.3 Å². The Morgan fingerprint density at radius 3 is 3.00 bits per heavy atom. The first-order chi connectivity index (χ1) is 5.36. The number of ether oxygens (including phenoxy) is 1. The molecule has 0 bridgehead atoms. The number of aromatic nitrogens is 2. The first-order valence-corrected chi connectivity index (χ1v) is 3.55. The molecule has 4 heteroatoms. The van der Waals surface area contributed by atoms with E-state index in [2.05, 4.69) is 4.98 Å². The molecule has 0 radical (unpaired) electrons. The van der Waals surface area contributed by atoms with Gasteiger partial charge in [-0.05, 0) is 0 Å². The molecule has 1 heterocycles. The lowest BCUT2D eigenvalue weighted by Crippen LogP contribution is -2.26. The lowest BCUT2D eigenvalue weighted by atomic mass is 10.3. The van der Waals surface area contributed by atoms with Crippen molar-refractivity contribution in [3.05, 3.63) is 18.7 Å². The van der Waals surface area contributed by atoms with Crippen LogP contribution in [0.15, 0.2) is 18.7 Å². The van der Waals surface area contributed by atoms with Crippen molar-refractivity contribution in [3.63, 3.8) is 0 Å². The zero-order valence-corrected chi connectivity index (χ0v) is 6.60. The minimum Gasteiger partial charge on any atom is -0.378 e. The van der Waals surface area contributed by atoms with Crippen molar-refractivity contribution in [1.82, 2.24) is 9.55 Å². The van der Waals surface area contributed by atoms with Crippen LogP contribution < -0.4 is 5.73 Å². The molecular weight excluding hydrogens is 142 g/mol. The molecule has 0 aliphatic rings. The molecule has 0 fully saturated rings. The Labute approximate surface area is 66.0 Å². The minimum atomic E-state index is 0.0872. The van der Waals surface area contributed by atoms with Gasteiger partial charge in [0.1, 0.15) is 0 Å². The van der Waals surface area contributed by atoms with Gasteiger partial charge in [0.2, 0.25) is 0 Å². The fraction of sp³-hybridized carbons (Fsp3) is 0.571. The molecule has 1 rings (SSSR count). The molecule has 11 heavy (non-hydrogen) atoms. The van der Waals surface area contributed by atoms with Gasteiger partial charge < -0.3 is 15.0 Å². The summed E-state index contributed by atoms with van der Waals surface area (Å²) >= 11 is 0. The third-order valence-electron chi connectivity index (χ3n) is 1.57. The van der Waals surface area contributed by atoms with Crippen LogP contribution in [0.25, 0.3) is 0 Å². The molecular formula is C7H13N3O. The normalized spacial score (nSPS) is 13.3. The fourth-order valence-corrected chi connectivity index (χ4v) is 0.875. The Bertz CT molecular complexity index is 182. The Kier molecular flexibility index (Phi) is 3.07. The average molecular weight is 155 g/mol. The van der Waals surface area contributed by atoms with Crippen LogP contribution in [-0.2, 0) is 11.3 Å². The van der Waals surface area contributed by atoms with E-state index in [9.17, 15) is 0 Å². The van der Waals surface area contributed by atoms with Crippen molar-refractivity contribution in [1.29, 1.82) is 0 Å². The van der Waals surface area contributed by atoms with Gasteiger partial charge in [-0.3, -0.25) is 0 Å². The molecule has 0 spiro atoms. The number of nitrogens with two attached hydrogens (primary N) is 1. The van der Waals surface area contributed by atoms with Crippen LogP contribution in [0, 0.1) is 0 Å². The number of imidazole rings is 1. The van der Waals surface area contributed by atoms with Crippen LogP contribution in [0.5, 0.6) is 0 Å². The highest BCUT2D eigenvalue weighted by atomic mass is 16.5. The van der Waals surface area contributed by atoms with E-state index in [1.54, 1.807) is 19.6 Å². The van der Waals surface area contributed by atoms with E-state index < -0.39 is 0 Å². The quantitative estimate of drug-likeness (QED) is 0.658. The van der Waals surface area contributed by atoms with Gasteiger partial charge in [0.25, 0.3) is 0 Å². The predicted molar refractivity (Wildman–Crippen MR) is 42.1 cm³/mol. The van der Waals surface area contributed by atoms with Crippen molar-refractivity contribution in [2.45, 2.75) is 12.6 Å². The summed E-state index contributed by atoms with van der Waals surface area (Å²) in [6, 6.07) is 0. The summed E-state index contributed by atoms with van der Waals surface area (Å²) in [5.41, 5.74) is 5.44. The Morgan fingerprint density at radius 2 is 2.55 bits per heavy atom. The predicted octanol–water partition coefficient (Wildman–Crippen LogP) is -0.143. The van der Waals surface area contributed by atoms with Crippen molar-refractivity contribution in [2.24, 2.45) is 5.73 Å².